The molecule has 0 saturated carbocycles. The number of unbranched alkanes of at least 4 members (excludes halogenated alkanes) is 1. The van der Waals surface area contributed by atoms with Crippen molar-refractivity contribution in [3.05, 3.63) is 29.8 Å². The Bertz CT molecular complexity index is 744. The van der Waals surface area contributed by atoms with E-state index in [0.29, 0.717) is 12.1 Å². The van der Waals surface area contributed by atoms with E-state index in [1.807, 2.05) is 19.1 Å². The number of hydrogen-bond acceptors (Lipinski definition) is 4. The Morgan fingerprint density at radius 1 is 1.03 bits per heavy atom. The Labute approximate surface area is 180 Å². The molecule has 1 atom stereocenters. The maximum atomic E-state index is 12.7. The van der Waals surface area contributed by atoms with Gasteiger partial charge in [0.25, 0.3) is 0 Å². The van der Waals surface area contributed by atoms with E-state index in [2.05, 4.69) is 10.6 Å². The Kier molecular flexibility index (Phi) is 9.80. The van der Waals surface area contributed by atoms with Gasteiger partial charge in [-0.15, -0.1) is 0 Å². The van der Waals surface area contributed by atoms with Gasteiger partial charge in [-0.25, -0.2) is 4.79 Å². The summed E-state index contributed by atoms with van der Waals surface area (Å²) < 4.78 is 41.8. The fourth-order valence-electron chi connectivity index (χ4n) is 2.55. The van der Waals surface area contributed by atoms with Gasteiger partial charge in [-0.05, 0) is 64.2 Å². The van der Waals surface area contributed by atoms with Gasteiger partial charge in [0.1, 0.15) is 11.6 Å². The van der Waals surface area contributed by atoms with Crippen molar-refractivity contribution < 1.29 is 32.3 Å². The summed E-state index contributed by atoms with van der Waals surface area (Å²) in [6.07, 6.45) is -4.22. The topological polar surface area (TPSA) is 96.5 Å². The normalized spacial score (nSPS) is 12.6. The molecule has 1 rings (SSSR count). The van der Waals surface area contributed by atoms with Crippen LogP contribution in [0.15, 0.2) is 24.3 Å². The van der Waals surface area contributed by atoms with E-state index in [4.69, 9.17) is 4.74 Å². The standard InChI is InChI=1S/C21H30F3N3O4/c1-5-14-9-11-15(12-10-14)26-17(28)16(27-19(30)31-20(2,3)4)8-6-7-13-25-18(29)21(22,23)24/h9-12,16H,5-8,13H2,1-4H3,(H,25,29)(H,26,28)(H,27,30). The summed E-state index contributed by atoms with van der Waals surface area (Å²) in [4.78, 5) is 35.6. The van der Waals surface area contributed by atoms with Crippen molar-refractivity contribution in [2.45, 2.75) is 71.2 Å². The van der Waals surface area contributed by atoms with Crippen molar-refractivity contribution >= 4 is 23.6 Å². The fraction of sp³-hybridized carbons (Fsp3) is 0.571. The van der Waals surface area contributed by atoms with Crippen LogP contribution < -0.4 is 16.0 Å². The molecule has 0 aliphatic heterocycles. The van der Waals surface area contributed by atoms with Crippen LogP contribution in [-0.2, 0) is 20.7 Å². The number of alkyl halides is 3. The average Bonchev–Trinajstić information content (AvgIpc) is 2.65. The smallest absolute Gasteiger partial charge is 0.444 e. The number of amides is 3. The van der Waals surface area contributed by atoms with Crippen molar-refractivity contribution in [3.8, 4) is 0 Å². The zero-order chi connectivity index (χ0) is 23.7. The van der Waals surface area contributed by atoms with Crippen molar-refractivity contribution in [1.29, 1.82) is 0 Å². The van der Waals surface area contributed by atoms with Crippen molar-refractivity contribution in [1.82, 2.24) is 10.6 Å². The van der Waals surface area contributed by atoms with Crippen LogP contribution in [0.2, 0.25) is 0 Å². The highest BCUT2D eigenvalue weighted by Gasteiger charge is 2.38. The number of ether oxygens (including phenoxy) is 1. The Hall–Kier alpha value is -2.78. The molecule has 174 valence electrons. The minimum Gasteiger partial charge on any atom is -0.444 e. The first-order chi connectivity index (χ1) is 14.3. The molecule has 10 heteroatoms. The molecule has 1 aromatic rings. The van der Waals surface area contributed by atoms with Gasteiger partial charge in [-0.1, -0.05) is 19.1 Å². The number of anilines is 1. The van der Waals surface area contributed by atoms with Crippen LogP contribution in [0.25, 0.3) is 0 Å². The molecule has 7 nitrogen and oxygen atoms in total. The lowest BCUT2D eigenvalue weighted by atomic mass is 10.1. The molecule has 0 aliphatic rings. The minimum absolute atomic E-state index is 0.153. The van der Waals surface area contributed by atoms with E-state index < -0.39 is 35.7 Å². The van der Waals surface area contributed by atoms with Gasteiger partial charge in [0.2, 0.25) is 5.91 Å². The maximum Gasteiger partial charge on any atom is 0.471 e. The molecule has 1 unspecified atom stereocenters. The molecule has 0 fully saturated rings. The maximum absolute atomic E-state index is 12.7. The van der Waals surface area contributed by atoms with E-state index in [1.54, 1.807) is 38.2 Å². The fourth-order valence-corrected chi connectivity index (χ4v) is 2.55. The summed E-state index contributed by atoms with van der Waals surface area (Å²) in [6, 6.07) is 6.27. The van der Waals surface area contributed by atoms with E-state index >= 15 is 0 Å². The van der Waals surface area contributed by atoms with Gasteiger partial charge in [0, 0.05) is 12.2 Å². The Balaban J connectivity index is 2.67. The van der Waals surface area contributed by atoms with Gasteiger partial charge in [-0.2, -0.15) is 13.2 Å². The molecule has 0 saturated heterocycles. The van der Waals surface area contributed by atoms with E-state index in [9.17, 15) is 27.6 Å². The highest BCUT2D eigenvalue weighted by atomic mass is 19.4. The second kappa shape index (κ2) is 11.6. The number of carbonyl (C=O) groups is 3. The van der Waals surface area contributed by atoms with Crippen LogP contribution in [0.3, 0.4) is 0 Å². The van der Waals surface area contributed by atoms with Crippen LogP contribution in [0.1, 0.15) is 52.5 Å². The van der Waals surface area contributed by atoms with Gasteiger partial charge in [0.05, 0.1) is 0 Å². The molecule has 1 aromatic carbocycles. The number of halogens is 3. The van der Waals surface area contributed by atoms with E-state index in [1.165, 1.54) is 0 Å². The summed E-state index contributed by atoms with van der Waals surface area (Å²) in [6.45, 7) is 6.85. The summed E-state index contributed by atoms with van der Waals surface area (Å²) in [5.74, 6) is -2.49. The number of aryl methyl sites for hydroxylation is 1. The number of carbonyl (C=O) groups excluding carboxylic acids is 3. The molecule has 0 radical (unpaired) electrons. The van der Waals surface area contributed by atoms with Gasteiger partial charge < -0.3 is 20.7 Å². The molecule has 0 spiro atoms. The lowest BCUT2D eigenvalue weighted by Gasteiger charge is -2.23. The monoisotopic (exact) mass is 445 g/mol. The molecule has 0 bridgehead atoms. The lowest BCUT2D eigenvalue weighted by molar-refractivity contribution is -0.173. The second-order valence-corrected chi connectivity index (χ2v) is 7.99. The van der Waals surface area contributed by atoms with Crippen LogP contribution in [0.4, 0.5) is 23.7 Å². The highest BCUT2D eigenvalue weighted by molar-refractivity contribution is 5.96. The minimum atomic E-state index is -4.94. The van der Waals surface area contributed by atoms with Gasteiger partial charge in [0.15, 0.2) is 0 Å². The molecule has 3 amide bonds. The zero-order valence-corrected chi connectivity index (χ0v) is 18.2. The van der Waals surface area contributed by atoms with Crippen LogP contribution in [0.5, 0.6) is 0 Å². The number of alkyl carbamates (subject to hydrolysis) is 1. The third kappa shape index (κ3) is 10.7. The number of hydrogen-bond donors (Lipinski definition) is 3. The number of benzene rings is 1. The molecule has 3 N–H and O–H groups in total. The summed E-state index contributed by atoms with van der Waals surface area (Å²) >= 11 is 0. The second-order valence-electron chi connectivity index (χ2n) is 7.99. The molecule has 0 aromatic heterocycles. The predicted octanol–water partition coefficient (Wildman–Crippen LogP) is 3.93. The molecule has 0 aliphatic carbocycles. The number of nitrogens with one attached hydrogen (secondary N) is 3. The van der Waals surface area contributed by atoms with Crippen molar-refractivity contribution in [3.63, 3.8) is 0 Å². The third-order valence-corrected chi connectivity index (χ3v) is 4.10. The summed E-state index contributed by atoms with van der Waals surface area (Å²) in [7, 11) is 0. The molecule has 31 heavy (non-hydrogen) atoms. The largest absolute Gasteiger partial charge is 0.471 e. The number of rotatable bonds is 9. The first kappa shape index (κ1) is 26.3. The van der Waals surface area contributed by atoms with Crippen LogP contribution in [0, 0.1) is 0 Å². The highest BCUT2D eigenvalue weighted by Crippen LogP contribution is 2.15. The first-order valence-corrected chi connectivity index (χ1v) is 10.1. The van der Waals surface area contributed by atoms with Crippen LogP contribution in [-0.4, -0.2) is 42.3 Å². The summed E-state index contributed by atoms with van der Waals surface area (Å²) in [5, 5.41) is 6.98. The average molecular weight is 445 g/mol. The third-order valence-electron chi connectivity index (χ3n) is 4.10. The molecular weight excluding hydrogens is 415 g/mol. The lowest BCUT2D eigenvalue weighted by Crippen LogP contribution is -2.45. The Morgan fingerprint density at radius 2 is 1.65 bits per heavy atom. The summed E-state index contributed by atoms with van der Waals surface area (Å²) in [5.41, 5.74) is 0.890. The zero-order valence-electron chi connectivity index (χ0n) is 18.2. The van der Waals surface area contributed by atoms with Gasteiger partial charge in [-0.3, -0.25) is 9.59 Å². The molecule has 0 heterocycles. The van der Waals surface area contributed by atoms with Gasteiger partial charge >= 0.3 is 18.2 Å². The quantitative estimate of drug-likeness (QED) is 0.502. The molecular formula is C21H30F3N3O4. The Morgan fingerprint density at radius 3 is 2.16 bits per heavy atom. The van der Waals surface area contributed by atoms with Crippen molar-refractivity contribution in [2.24, 2.45) is 0 Å². The first-order valence-electron chi connectivity index (χ1n) is 10.1. The van der Waals surface area contributed by atoms with Crippen LogP contribution >= 0.6 is 0 Å². The van der Waals surface area contributed by atoms with E-state index in [0.717, 1.165) is 12.0 Å². The van der Waals surface area contributed by atoms with E-state index in [-0.39, 0.29) is 19.4 Å². The predicted molar refractivity (Wildman–Crippen MR) is 111 cm³/mol. The SMILES string of the molecule is CCc1ccc(NC(=O)C(CCCCNC(=O)C(F)(F)F)NC(=O)OC(C)(C)C)cc1. The van der Waals surface area contributed by atoms with Crippen molar-refractivity contribution in [2.75, 3.05) is 11.9 Å².